The fourth-order valence-electron chi connectivity index (χ4n) is 4.87. The number of fused-ring (bicyclic) bond motifs is 2. The van der Waals surface area contributed by atoms with Crippen molar-refractivity contribution in [2.75, 3.05) is 34.5 Å². The lowest BCUT2D eigenvalue weighted by atomic mass is 9.94. The maximum Gasteiger partial charge on any atom is 0.534 e. The minimum atomic E-state index is -5.96. The molecule has 0 aromatic heterocycles. The Hall–Kier alpha value is -2.86. The molecule has 1 fully saturated rings. The van der Waals surface area contributed by atoms with Crippen LogP contribution in [-0.2, 0) is 52.6 Å². The molecule has 1 spiro atoms. The molecular formula is C29H33F3O9S. The number of alkyl halides is 3. The van der Waals surface area contributed by atoms with Crippen molar-refractivity contribution in [3.63, 3.8) is 0 Å². The van der Waals surface area contributed by atoms with Crippen LogP contribution in [0.4, 0.5) is 13.2 Å². The van der Waals surface area contributed by atoms with Crippen LogP contribution in [0.15, 0.2) is 36.4 Å². The maximum atomic E-state index is 13.4. The summed E-state index contributed by atoms with van der Waals surface area (Å²) in [6.45, 7) is 2.46. The molecule has 1 heterocycles. The van der Waals surface area contributed by atoms with E-state index in [4.69, 9.17) is 32.6 Å². The summed E-state index contributed by atoms with van der Waals surface area (Å²) in [4.78, 5) is 0. The van der Waals surface area contributed by atoms with E-state index in [1.54, 1.807) is 32.2 Å². The second kappa shape index (κ2) is 13.2. The molecule has 1 saturated heterocycles. The van der Waals surface area contributed by atoms with E-state index < -0.39 is 45.5 Å². The van der Waals surface area contributed by atoms with Crippen molar-refractivity contribution in [3.05, 3.63) is 58.7 Å². The van der Waals surface area contributed by atoms with Crippen molar-refractivity contribution in [1.29, 1.82) is 0 Å². The first kappa shape index (κ1) is 32.1. The van der Waals surface area contributed by atoms with Crippen LogP contribution in [0.5, 0.6) is 11.5 Å². The summed E-state index contributed by atoms with van der Waals surface area (Å²) in [6, 6.07) is 10.4. The third-order valence-electron chi connectivity index (χ3n) is 7.11. The number of halogens is 3. The van der Waals surface area contributed by atoms with Gasteiger partial charge in [-0.15, -0.1) is 0 Å². The average molecular weight is 615 g/mol. The van der Waals surface area contributed by atoms with E-state index in [0.717, 1.165) is 5.56 Å². The van der Waals surface area contributed by atoms with E-state index in [2.05, 4.69) is 11.8 Å². The summed E-state index contributed by atoms with van der Waals surface area (Å²) < 4.78 is 102. The molecule has 4 rings (SSSR count). The van der Waals surface area contributed by atoms with Gasteiger partial charge in [-0.3, -0.25) is 0 Å². The molecular weight excluding hydrogens is 581 g/mol. The Morgan fingerprint density at radius 1 is 1.00 bits per heavy atom. The number of ether oxygens (including phenoxy) is 6. The SMILES string of the molecule is COc1ccc(COC(C#CC(C)c2ccc3c(c2OS(=O)(=O)C(F)(F)F)CCC32OCCO2)CC(OC)OC)cc1. The number of hydrogen-bond donors (Lipinski definition) is 0. The lowest BCUT2D eigenvalue weighted by Crippen LogP contribution is -2.29. The van der Waals surface area contributed by atoms with Crippen LogP contribution in [0.25, 0.3) is 0 Å². The van der Waals surface area contributed by atoms with Crippen LogP contribution in [0.2, 0.25) is 0 Å². The summed E-state index contributed by atoms with van der Waals surface area (Å²) >= 11 is 0. The topological polar surface area (TPSA) is 98.8 Å². The van der Waals surface area contributed by atoms with Gasteiger partial charge in [0.25, 0.3) is 0 Å². The van der Waals surface area contributed by atoms with Gasteiger partial charge in [0.15, 0.2) is 17.8 Å². The van der Waals surface area contributed by atoms with Crippen molar-refractivity contribution in [2.45, 2.75) is 62.4 Å². The molecule has 2 unspecified atom stereocenters. The van der Waals surface area contributed by atoms with Crippen molar-refractivity contribution >= 4 is 10.1 Å². The van der Waals surface area contributed by atoms with E-state index in [0.29, 0.717) is 30.9 Å². The minimum absolute atomic E-state index is 0.174. The Balaban J connectivity index is 1.65. The highest BCUT2D eigenvalue weighted by Gasteiger charge is 2.51. The first-order valence-electron chi connectivity index (χ1n) is 13.2. The van der Waals surface area contributed by atoms with Crippen LogP contribution in [0.1, 0.15) is 47.9 Å². The normalized spacial score (nSPS) is 17.5. The molecule has 0 bridgehead atoms. The van der Waals surface area contributed by atoms with Gasteiger partial charge in [-0.2, -0.15) is 21.6 Å². The summed E-state index contributed by atoms with van der Waals surface area (Å²) in [7, 11) is -1.44. The Kier molecular flexibility index (Phi) is 10.1. The quantitative estimate of drug-likeness (QED) is 0.153. The minimum Gasteiger partial charge on any atom is -0.497 e. The van der Waals surface area contributed by atoms with Gasteiger partial charge in [0.05, 0.1) is 26.9 Å². The fourth-order valence-corrected chi connectivity index (χ4v) is 5.38. The second-order valence-corrected chi connectivity index (χ2v) is 11.3. The molecule has 42 heavy (non-hydrogen) atoms. The highest BCUT2D eigenvalue weighted by Crippen LogP contribution is 2.49. The zero-order valence-corrected chi connectivity index (χ0v) is 24.5. The number of benzene rings is 2. The zero-order valence-electron chi connectivity index (χ0n) is 23.7. The summed E-state index contributed by atoms with van der Waals surface area (Å²) in [5.74, 6) is 4.41. The fraction of sp³-hybridized carbons (Fsp3) is 0.517. The predicted molar refractivity (Wildman–Crippen MR) is 144 cm³/mol. The summed E-state index contributed by atoms with van der Waals surface area (Å²) in [6.07, 6.45) is -0.584. The highest BCUT2D eigenvalue weighted by molar-refractivity contribution is 7.88. The molecule has 0 radical (unpaired) electrons. The van der Waals surface area contributed by atoms with Crippen LogP contribution < -0.4 is 8.92 Å². The molecule has 0 saturated carbocycles. The van der Waals surface area contributed by atoms with Crippen molar-refractivity contribution in [3.8, 4) is 23.3 Å². The molecule has 2 aromatic rings. The van der Waals surface area contributed by atoms with Gasteiger partial charge in [0, 0.05) is 49.7 Å². The third kappa shape index (κ3) is 7.02. The molecule has 9 nitrogen and oxygen atoms in total. The lowest BCUT2D eigenvalue weighted by molar-refractivity contribution is -0.163. The molecule has 13 heteroatoms. The number of methoxy groups -OCH3 is 3. The standard InChI is InChI=1S/C29H33F3O9S/c1-19(5-8-22(17-26(36-3)37-4)38-18-20-6-9-21(35-2)10-7-20)23-11-12-25-24(13-14-28(25)39-15-16-40-28)27(23)41-42(33,34)29(30,31)32/h6-7,9-12,19,22,26H,13-18H2,1-4H3. The Morgan fingerprint density at radius 3 is 2.26 bits per heavy atom. The monoisotopic (exact) mass is 614 g/mol. The smallest absolute Gasteiger partial charge is 0.497 e. The molecule has 1 aliphatic carbocycles. The molecule has 2 atom stereocenters. The van der Waals surface area contributed by atoms with E-state index in [-0.39, 0.29) is 30.6 Å². The highest BCUT2D eigenvalue weighted by atomic mass is 32.2. The van der Waals surface area contributed by atoms with E-state index in [1.807, 2.05) is 12.1 Å². The number of hydrogen-bond acceptors (Lipinski definition) is 9. The third-order valence-corrected chi connectivity index (χ3v) is 8.06. The first-order chi connectivity index (χ1) is 19.9. The molecule has 1 aliphatic heterocycles. The second-order valence-electron chi connectivity index (χ2n) is 9.74. The molecule has 2 aliphatic rings. The zero-order chi connectivity index (χ0) is 30.5. The first-order valence-corrected chi connectivity index (χ1v) is 14.6. The molecule has 0 amide bonds. The van der Waals surface area contributed by atoms with E-state index in [9.17, 15) is 21.6 Å². The van der Waals surface area contributed by atoms with Gasteiger partial charge in [-0.05, 0) is 31.0 Å². The van der Waals surface area contributed by atoms with Gasteiger partial charge in [-0.25, -0.2) is 0 Å². The Labute approximate surface area is 243 Å². The van der Waals surface area contributed by atoms with Gasteiger partial charge < -0.3 is 32.6 Å². The van der Waals surface area contributed by atoms with Gasteiger partial charge in [0.2, 0.25) is 0 Å². The van der Waals surface area contributed by atoms with Crippen LogP contribution >= 0.6 is 0 Å². The van der Waals surface area contributed by atoms with E-state index in [1.165, 1.54) is 20.3 Å². The van der Waals surface area contributed by atoms with Crippen LogP contribution in [0, 0.1) is 11.8 Å². The molecule has 2 aromatic carbocycles. The van der Waals surface area contributed by atoms with Crippen molar-refractivity contribution in [2.24, 2.45) is 0 Å². The largest absolute Gasteiger partial charge is 0.534 e. The Morgan fingerprint density at radius 2 is 1.67 bits per heavy atom. The average Bonchev–Trinajstić information content (AvgIpc) is 3.59. The Bertz CT molecular complexity index is 1390. The summed E-state index contributed by atoms with van der Waals surface area (Å²) in [5.41, 5.74) is -3.86. The van der Waals surface area contributed by atoms with Crippen molar-refractivity contribution < 1.29 is 54.2 Å². The predicted octanol–water partition coefficient (Wildman–Crippen LogP) is 4.77. The van der Waals surface area contributed by atoms with Gasteiger partial charge >= 0.3 is 15.6 Å². The van der Waals surface area contributed by atoms with Gasteiger partial charge in [0.1, 0.15) is 11.9 Å². The van der Waals surface area contributed by atoms with Crippen molar-refractivity contribution in [1.82, 2.24) is 0 Å². The number of rotatable bonds is 11. The van der Waals surface area contributed by atoms with Crippen LogP contribution in [-0.4, -0.2) is 60.9 Å². The molecule has 0 N–H and O–H groups in total. The lowest BCUT2D eigenvalue weighted by Gasteiger charge is -2.24. The maximum absolute atomic E-state index is 13.4. The summed E-state index contributed by atoms with van der Waals surface area (Å²) in [5, 5.41) is 0. The van der Waals surface area contributed by atoms with Crippen LogP contribution in [0.3, 0.4) is 0 Å². The molecule has 230 valence electrons. The van der Waals surface area contributed by atoms with E-state index >= 15 is 0 Å². The van der Waals surface area contributed by atoms with Gasteiger partial charge in [-0.1, -0.05) is 36.1 Å².